The van der Waals surface area contributed by atoms with Gasteiger partial charge in [0.1, 0.15) is 18.1 Å². The molecule has 0 fully saturated rings. The van der Waals surface area contributed by atoms with E-state index in [0.717, 1.165) is 5.56 Å². The van der Waals surface area contributed by atoms with Gasteiger partial charge < -0.3 is 31.9 Å². The van der Waals surface area contributed by atoms with Gasteiger partial charge >= 0.3 is 5.97 Å². The lowest BCUT2D eigenvalue weighted by Crippen LogP contribution is -2.59. The predicted octanol–water partition coefficient (Wildman–Crippen LogP) is 0.180. The fourth-order valence-corrected chi connectivity index (χ4v) is 3.36. The van der Waals surface area contributed by atoms with Crippen LogP contribution < -0.4 is 21.7 Å². The summed E-state index contributed by atoms with van der Waals surface area (Å²) >= 11 is 0. The maximum atomic E-state index is 13.2. The van der Waals surface area contributed by atoms with Gasteiger partial charge in [-0.05, 0) is 23.8 Å². The molecule has 5 atom stereocenters. The van der Waals surface area contributed by atoms with E-state index in [2.05, 4.69) is 16.0 Å². The normalized spacial score (nSPS) is 15.5. The van der Waals surface area contributed by atoms with Crippen molar-refractivity contribution in [3.8, 4) is 0 Å². The molecule has 1 aromatic carbocycles. The molecule has 10 heteroatoms. The summed E-state index contributed by atoms with van der Waals surface area (Å²) < 4.78 is 0. The number of carbonyl (C=O) groups is 4. The number of carboxylic acid groups (broad SMARTS) is 1. The van der Waals surface area contributed by atoms with Crippen molar-refractivity contribution in [3.63, 3.8) is 0 Å². The summed E-state index contributed by atoms with van der Waals surface area (Å²) in [7, 11) is 0. The molecule has 0 aromatic heterocycles. The number of rotatable bonds is 14. The Morgan fingerprint density at radius 2 is 1.50 bits per heavy atom. The number of nitrogens with one attached hydrogen (secondary N) is 3. The fraction of sp³-hybridized carbons (Fsp3) is 0.583. The molecule has 7 N–H and O–H groups in total. The van der Waals surface area contributed by atoms with E-state index in [0.29, 0.717) is 12.8 Å². The molecule has 190 valence electrons. The third kappa shape index (κ3) is 9.48. The van der Waals surface area contributed by atoms with Crippen LogP contribution in [0.2, 0.25) is 0 Å². The molecule has 0 aliphatic carbocycles. The van der Waals surface area contributed by atoms with Crippen LogP contribution in [0.3, 0.4) is 0 Å². The molecule has 0 heterocycles. The molecule has 3 amide bonds. The first-order chi connectivity index (χ1) is 16.0. The number of benzene rings is 1. The van der Waals surface area contributed by atoms with Crippen LogP contribution in [-0.2, 0) is 25.6 Å². The third-order valence-corrected chi connectivity index (χ3v) is 5.57. The first-order valence-corrected chi connectivity index (χ1v) is 11.5. The van der Waals surface area contributed by atoms with Gasteiger partial charge in [-0.15, -0.1) is 0 Å². The molecule has 34 heavy (non-hydrogen) atoms. The zero-order valence-electron chi connectivity index (χ0n) is 20.3. The van der Waals surface area contributed by atoms with Gasteiger partial charge in [-0.1, -0.05) is 64.4 Å². The molecule has 10 nitrogen and oxygen atoms in total. The predicted molar refractivity (Wildman–Crippen MR) is 128 cm³/mol. The summed E-state index contributed by atoms with van der Waals surface area (Å²) in [5, 5.41) is 26.0. The van der Waals surface area contributed by atoms with Crippen molar-refractivity contribution in [2.45, 2.75) is 71.1 Å². The van der Waals surface area contributed by atoms with Crippen LogP contribution >= 0.6 is 0 Å². The van der Waals surface area contributed by atoms with Crippen molar-refractivity contribution in [1.29, 1.82) is 0 Å². The number of aliphatic hydroxyl groups excluding tert-OH is 1. The third-order valence-electron chi connectivity index (χ3n) is 5.57. The van der Waals surface area contributed by atoms with E-state index in [-0.39, 0.29) is 18.3 Å². The first kappa shape index (κ1) is 29.1. The Hall–Kier alpha value is -2.98. The van der Waals surface area contributed by atoms with Gasteiger partial charge in [-0.25, -0.2) is 4.79 Å². The van der Waals surface area contributed by atoms with E-state index in [1.165, 1.54) is 0 Å². The molecular weight excluding hydrogens is 440 g/mol. The smallest absolute Gasteiger partial charge is 0.328 e. The van der Waals surface area contributed by atoms with Crippen LogP contribution in [0.5, 0.6) is 0 Å². The second-order valence-electron chi connectivity index (χ2n) is 8.94. The monoisotopic (exact) mass is 478 g/mol. The molecule has 5 unspecified atom stereocenters. The number of nitrogens with two attached hydrogens (primary N) is 1. The molecule has 0 spiro atoms. The van der Waals surface area contributed by atoms with E-state index >= 15 is 0 Å². The zero-order valence-corrected chi connectivity index (χ0v) is 20.3. The van der Waals surface area contributed by atoms with Gasteiger partial charge in [-0.3, -0.25) is 14.4 Å². The molecule has 0 radical (unpaired) electrons. The second kappa shape index (κ2) is 14.3. The van der Waals surface area contributed by atoms with Gasteiger partial charge in [0, 0.05) is 6.42 Å². The number of carboxylic acids is 1. The number of amides is 3. The Kier molecular flexibility index (Phi) is 12.2. The summed E-state index contributed by atoms with van der Waals surface area (Å²) in [6.45, 7) is 6.65. The Morgan fingerprint density at radius 1 is 0.912 bits per heavy atom. The van der Waals surface area contributed by atoms with E-state index in [1.54, 1.807) is 6.92 Å². The lowest BCUT2D eigenvalue weighted by molar-refractivity contribution is -0.143. The van der Waals surface area contributed by atoms with Gasteiger partial charge in [-0.2, -0.15) is 0 Å². The van der Waals surface area contributed by atoms with E-state index < -0.39 is 54.5 Å². The second-order valence-corrected chi connectivity index (χ2v) is 8.94. The summed E-state index contributed by atoms with van der Waals surface area (Å²) in [4.78, 5) is 49.9. The quantitative estimate of drug-likeness (QED) is 0.221. The van der Waals surface area contributed by atoms with Gasteiger partial charge in [0.25, 0.3) is 0 Å². The Balaban J connectivity index is 3.10. The minimum atomic E-state index is -1.50. The average molecular weight is 479 g/mol. The molecule has 0 aliphatic rings. The number of aliphatic carboxylic acids is 1. The van der Waals surface area contributed by atoms with Crippen LogP contribution in [-0.4, -0.2) is 64.7 Å². The topological polar surface area (TPSA) is 171 Å². The Morgan fingerprint density at radius 3 is 2.00 bits per heavy atom. The maximum absolute atomic E-state index is 13.2. The number of hydrogen-bond donors (Lipinski definition) is 6. The minimum absolute atomic E-state index is 0.177. The highest BCUT2D eigenvalue weighted by Crippen LogP contribution is 2.11. The minimum Gasteiger partial charge on any atom is -0.480 e. The number of aliphatic hydroxyl groups is 1. The van der Waals surface area contributed by atoms with Crippen molar-refractivity contribution >= 4 is 23.7 Å². The van der Waals surface area contributed by atoms with E-state index in [1.807, 2.05) is 51.1 Å². The highest BCUT2D eigenvalue weighted by Gasteiger charge is 2.32. The number of hydrogen-bond acceptors (Lipinski definition) is 6. The zero-order chi connectivity index (χ0) is 25.8. The highest BCUT2D eigenvalue weighted by molar-refractivity contribution is 5.94. The Bertz CT molecular complexity index is 817. The lowest BCUT2D eigenvalue weighted by Gasteiger charge is -2.28. The van der Waals surface area contributed by atoms with Crippen molar-refractivity contribution in [3.05, 3.63) is 35.9 Å². The van der Waals surface area contributed by atoms with Crippen molar-refractivity contribution in [2.24, 2.45) is 17.6 Å². The van der Waals surface area contributed by atoms with Gasteiger partial charge in [0.15, 0.2) is 0 Å². The largest absolute Gasteiger partial charge is 0.480 e. The van der Waals surface area contributed by atoms with Crippen LogP contribution in [0.25, 0.3) is 0 Å². The molecule has 1 aromatic rings. The summed E-state index contributed by atoms with van der Waals surface area (Å²) in [6.07, 6.45) is 1.14. The maximum Gasteiger partial charge on any atom is 0.328 e. The molecule has 1 rings (SSSR count). The standard InChI is InChI=1S/C24H38N4O6/c1-5-15(4)20(23(32)27-19(13-29)24(33)34)28-22(31)18(12-16-9-7-6-8-10-16)26-21(30)17(25)11-14(2)3/h6-10,14-15,17-20,29H,5,11-13,25H2,1-4H3,(H,26,30)(H,27,32)(H,28,31)(H,33,34). The summed E-state index contributed by atoms with van der Waals surface area (Å²) in [6, 6.07) is 4.74. The molecule has 0 bridgehead atoms. The first-order valence-electron chi connectivity index (χ1n) is 11.5. The molecule has 0 aliphatic heterocycles. The van der Waals surface area contributed by atoms with E-state index in [9.17, 15) is 24.3 Å². The van der Waals surface area contributed by atoms with E-state index in [4.69, 9.17) is 10.8 Å². The number of carbonyl (C=O) groups excluding carboxylic acids is 3. The molecule has 0 saturated heterocycles. The Labute approximate surface area is 200 Å². The molecule has 0 saturated carbocycles. The highest BCUT2D eigenvalue weighted by atomic mass is 16.4. The van der Waals surface area contributed by atoms with Crippen LogP contribution in [0.4, 0.5) is 0 Å². The average Bonchev–Trinajstić information content (AvgIpc) is 2.79. The lowest BCUT2D eigenvalue weighted by atomic mass is 9.96. The van der Waals surface area contributed by atoms with Crippen molar-refractivity contribution in [2.75, 3.05) is 6.61 Å². The van der Waals surface area contributed by atoms with Crippen LogP contribution in [0.15, 0.2) is 30.3 Å². The SMILES string of the molecule is CCC(C)C(NC(=O)C(Cc1ccccc1)NC(=O)C(N)CC(C)C)C(=O)NC(CO)C(=O)O. The van der Waals surface area contributed by atoms with Crippen LogP contribution in [0, 0.1) is 11.8 Å². The van der Waals surface area contributed by atoms with Crippen molar-refractivity contribution in [1.82, 2.24) is 16.0 Å². The van der Waals surface area contributed by atoms with Gasteiger partial charge in [0.2, 0.25) is 17.7 Å². The van der Waals surface area contributed by atoms with Gasteiger partial charge in [0.05, 0.1) is 12.6 Å². The van der Waals surface area contributed by atoms with Crippen molar-refractivity contribution < 1.29 is 29.4 Å². The molecular formula is C24H38N4O6. The summed E-state index contributed by atoms with van der Waals surface area (Å²) in [5.74, 6) is -3.34. The fourth-order valence-electron chi connectivity index (χ4n) is 3.36. The summed E-state index contributed by atoms with van der Waals surface area (Å²) in [5.41, 5.74) is 6.79. The van der Waals surface area contributed by atoms with Crippen LogP contribution in [0.1, 0.15) is 46.1 Å².